The first kappa shape index (κ1) is 28.4. The molecule has 0 spiro atoms. The molecule has 7 nitrogen and oxygen atoms in total. The van der Waals surface area contributed by atoms with Crippen molar-refractivity contribution >= 4 is 11.6 Å². The van der Waals surface area contributed by atoms with Gasteiger partial charge < -0.3 is 19.4 Å². The zero-order valence-electron chi connectivity index (χ0n) is 23.6. The summed E-state index contributed by atoms with van der Waals surface area (Å²) in [7, 11) is 1.95. The molecule has 43 heavy (non-hydrogen) atoms. The Hall–Kier alpha value is -4.71. The minimum absolute atomic E-state index is 0.216. The maximum Gasteiger partial charge on any atom is 0.142 e. The van der Waals surface area contributed by atoms with Crippen LogP contribution in [-0.4, -0.2) is 14.5 Å². The number of nitriles is 1. The Bertz CT molecular complexity index is 1820. The smallest absolute Gasteiger partial charge is 0.142 e. The van der Waals surface area contributed by atoms with Crippen LogP contribution in [-0.2, 0) is 33.2 Å². The number of hydrogen-bond acceptors (Lipinski definition) is 6. The lowest BCUT2D eigenvalue weighted by atomic mass is 9.96. The van der Waals surface area contributed by atoms with E-state index < -0.39 is 0 Å². The van der Waals surface area contributed by atoms with E-state index in [2.05, 4.69) is 21.4 Å². The summed E-state index contributed by atoms with van der Waals surface area (Å²) in [4.78, 5) is 8.51. The second-order valence-electron chi connectivity index (χ2n) is 10.4. The molecule has 2 aromatic heterocycles. The molecular formula is C34H29ClFN5O2. The van der Waals surface area contributed by atoms with E-state index in [1.807, 2.05) is 60.3 Å². The minimum Gasteiger partial charge on any atom is -0.488 e. The van der Waals surface area contributed by atoms with Gasteiger partial charge in [-0.1, -0.05) is 48.0 Å². The number of benzene rings is 3. The van der Waals surface area contributed by atoms with Gasteiger partial charge in [-0.15, -0.1) is 0 Å². The predicted molar refractivity (Wildman–Crippen MR) is 162 cm³/mol. The third-order valence-corrected chi connectivity index (χ3v) is 7.90. The van der Waals surface area contributed by atoms with E-state index in [9.17, 15) is 9.65 Å². The number of imidazole rings is 1. The van der Waals surface area contributed by atoms with Crippen LogP contribution >= 0.6 is 11.6 Å². The maximum absolute atomic E-state index is 14.7. The van der Waals surface area contributed by atoms with Crippen molar-refractivity contribution in [2.45, 2.75) is 38.6 Å². The molecule has 0 fully saturated rings. The largest absolute Gasteiger partial charge is 0.488 e. The molecule has 0 aliphatic heterocycles. The van der Waals surface area contributed by atoms with Crippen LogP contribution in [0.15, 0.2) is 85.5 Å². The van der Waals surface area contributed by atoms with Gasteiger partial charge in [-0.25, -0.2) is 9.37 Å². The van der Waals surface area contributed by atoms with Crippen LogP contribution in [0.4, 0.5) is 4.39 Å². The highest BCUT2D eigenvalue weighted by Crippen LogP contribution is 2.43. The van der Waals surface area contributed by atoms with E-state index in [0.29, 0.717) is 40.7 Å². The summed E-state index contributed by atoms with van der Waals surface area (Å²) in [6.07, 6.45) is 8.13. The Balaban J connectivity index is 1.26. The molecule has 3 aromatic carbocycles. The molecule has 9 heteroatoms. The molecule has 1 aliphatic rings. The normalized spacial score (nSPS) is 13.9. The van der Waals surface area contributed by atoms with Crippen molar-refractivity contribution in [2.75, 3.05) is 0 Å². The van der Waals surface area contributed by atoms with Crippen LogP contribution < -0.4 is 14.8 Å². The van der Waals surface area contributed by atoms with Crippen LogP contribution in [0.2, 0.25) is 5.02 Å². The molecule has 1 aliphatic carbocycles. The number of halogens is 2. The average molecular weight is 594 g/mol. The number of aryl methyl sites for hydroxylation is 1. The highest BCUT2D eigenvalue weighted by Gasteiger charge is 2.28. The van der Waals surface area contributed by atoms with Crippen molar-refractivity contribution in [3.63, 3.8) is 0 Å². The molecule has 6 rings (SSSR count). The standard InChI is InChI=1S/C34H29ClFN5O2/c1-41-12-11-40-34(41)20-39-19-24-14-29(35)33(15-32(24)42-21-23-13-22(16-37)17-38-18-23)43-31-10-9-26-25(6-4-7-28(26)31)27-5-2-3-8-30(27)36/h2-8,11-15,17-18,31,39H,9-10,19-21H2,1H3/t31-/m0/s1. The Morgan fingerprint density at radius 3 is 2.74 bits per heavy atom. The molecule has 0 unspecified atom stereocenters. The molecule has 1 atom stereocenters. The molecule has 0 saturated carbocycles. The first-order valence-electron chi connectivity index (χ1n) is 14.0. The van der Waals surface area contributed by atoms with Crippen molar-refractivity contribution in [2.24, 2.45) is 7.05 Å². The molecule has 0 amide bonds. The van der Waals surface area contributed by atoms with Gasteiger partial charge in [0.2, 0.25) is 0 Å². The molecule has 1 N–H and O–H groups in total. The lowest BCUT2D eigenvalue weighted by Gasteiger charge is -2.20. The fourth-order valence-electron chi connectivity index (χ4n) is 5.43. The van der Waals surface area contributed by atoms with Gasteiger partial charge in [0.05, 0.1) is 17.1 Å². The molecule has 0 saturated heterocycles. The molecule has 0 bridgehead atoms. The molecule has 216 valence electrons. The summed E-state index contributed by atoms with van der Waals surface area (Å²) < 4.78 is 29.4. The molecule has 5 aromatic rings. The Kier molecular flexibility index (Phi) is 8.36. The third-order valence-electron chi connectivity index (χ3n) is 7.60. The van der Waals surface area contributed by atoms with Gasteiger partial charge in [-0.2, -0.15) is 5.26 Å². The minimum atomic E-state index is -0.243. The first-order valence-corrected chi connectivity index (χ1v) is 14.4. The second-order valence-corrected chi connectivity index (χ2v) is 10.8. The van der Waals surface area contributed by atoms with E-state index in [4.69, 9.17) is 21.1 Å². The van der Waals surface area contributed by atoms with Crippen LogP contribution in [0.25, 0.3) is 11.1 Å². The van der Waals surface area contributed by atoms with Gasteiger partial charge in [-0.05, 0) is 47.7 Å². The second kappa shape index (κ2) is 12.7. The number of rotatable bonds is 10. The summed E-state index contributed by atoms with van der Waals surface area (Å²) in [6, 6.07) is 20.3. The highest BCUT2D eigenvalue weighted by atomic mass is 35.5. The SMILES string of the molecule is Cn1ccnc1CNCc1cc(Cl)c(O[C@H]2CCc3c(-c4ccccc4F)cccc32)cc1OCc1cncc(C#N)c1. The van der Waals surface area contributed by atoms with Crippen molar-refractivity contribution in [3.05, 3.63) is 130 Å². The average Bonchev–Trinajstić information content (AvgIpc) is 3.63. The van der Waals surface area contributed by atoms with E-state index in [0.717, 1.165) is 46.5 Å². The number of hydrogen-bond donors (Lipinski definition) is 1. The van der Waals surface area contributed by atoms with E-state index in [-0.39, 0.29) is 18.5 Å². The highest BCUT2D eigenvalue weighted by molar-refractivity contribution is 6.32. The van der Waals surface area contributed by atoms with Gasteiger partial charge in [-0.3, -0.25) is 4.98 Å². The number of nitrogens with one attached hydrogen (secondary N) is 1. The number of ether oxygens (including phenoxy) is 2. The van der Waals surface area contributed by atoms with Crippen molar-refractivity contribution in [1.29, 1.82) is 5.26 Å². The van der Waals surface area contributed by atoms with Gasteiger partial charge in [0.15, 0.2) is 0 Å². The topological polar surface area (TPSA) is 85.0 Å². The monoisotopic (exact) mass is 593 g/mol. The van der Waals surface area contributed by atoms with Crippen LogP contribution in [0.5, 0.6) is 11.5 Å². The molecule has 0 radical (unpaired) electrons. The van der Waals surface area contributed by atoms with Gasteiger partial charge in [0.25, 0.3) is 0 Å². The van der Waals surface area contributed by atoms with Gasteiger partial charge in [0.1, 0.15) is 41.9 Å². The van der Waals surface area contributed by atoms with Gasteiger partial charge in [0, 0.05) is 61.1 Å². The summed E-state index contributed by atoms with van der Waals surface area (Å²) in [5.74, 6) is 1.77. The van der Waals surface area contributed by atoms with Crippen molar-refractivity contribution in [3.8, 4) is 28.7 Å². The number of nitrogens with zero attached hydrogens (tertiary/aromatic N) is 4. The Morgan fingerprint density at radius 1 is 1.07 bits per heavy atom. The quantitative estimate of drug-likeness (QED) is 0.186. The first-order chi connectivity index (χ1) is 21.0. The van der Waals surface area contributed by atoms with Crippen LogP contribution in [0.3, 0.4) is 0 Å². The van der Waals surface area contributed by atoms with Crippen LogP contribution in [0, 0.1) is 17.1 Å². The van der Waals surface area contributed by atoms with E-state index in [1.54, 1.807) is 24.5 Å². The fourth-order valence-corrected chi connectivity index (χ4v) is 5.66. The fraction of sp³-hybridized carbons (Fsp3) is 0.206. The maximum atomic E-state index is 14.7. The molecule has 2 heterocycles. The predicted octanol–water partition coefficient (Wildman–Crippen LogP) is 7.08. The van der Waals surface area contributed by atoms with Crippen LogP contribution in [0.1, 0.15) is 46.2 Å². The Labute approximate surface area is 254 Å². The third kappa shape index (κ3) is 6.24. The van der Waals surface area contributed by atoms with Crippen molar-refractivity contribution < 1.29 is 13.9 Å². The number of pyridine rings is 1. The van der Waals surface area contributed by atoms with E-state index >= 15 is 0 Å². The summed E-state index contributed by atoms with van der Waals surface area (Å²) >= 11 is 6.79. The summed E-state index contributed by atoms with van der Waals surface area (Å²) in [5.41, 5.74) is 5.68. The van der Waals surface area contributed by atoms with E-state index in [1.165, 1.54) is 12.3 Å². The number of fused-ring (bicyclic) bond motifs is 1. The number of aromatic nitrogens is 3. The van der Waals surface area contributed by atoms with Crippen molar-refractivity contribution in [1.82, 2.24) is 19.9 Å². The Morgan fingerprint density at radius 2 is 1.93 bits per heavy atom. The zero-order chi connectivity index (χ0) is 29.8. The summed E-state index contributed by atoms with van der Waals surface area (Å²) in [5, 5.41) is 13.1. The lowest BCUT2D eigenvalue weighted by Crippen LogP contribution is -2.16. The zero-order valence-corrected chi connectivity index (χ0v) is 24.3. The van der Waals surface area contributed by atoms with Gasteiger partial charge >= 0.3 is 0 Å². The summed E-state index contributed by atoms with van der Waals surface area (Å²) in [6.45, 7) is 1.27. The lowest BCUT2D eigenvalue weighted by molar-refractivity contribution is 0.206. The molecular weight excluding hydrogens is 565 g/mol.